The van der Waals surface area contributed by atoms with Crippen molar-refractivity contribution in [3.05, 3.63) is 56.2 Å². The lowest BCUT2D eigenvalue weighted by Crippen LogP contribution is -2.31. The molecule has 108 valence electrons. The minimum absolute atomic E-state index is 0.190. The SMILES string of the molecule is CC(c1cc(Cl)sc1Cl)N(CCN)Cc1ccccc1. The zero-order valence-corrected chi connectivity index (χ0v) is 13.7. The summed E-state index contributed by atoms with van der Waals surface area (Å²) >= 11 is 13.7. The number of halogens is 2. The Labute approximate surface area is 134 Å². The molecular weight excluding hydrogens is 311 g/mol. The first-order valence-electron chi connectivity index (χ1n) is 6.54. The summed E-state index contributed by atoms with van der Waals surface area (Å²) < 4.78 is 1.49. The average Bonchev–Trinajstić information content (AvgIpc) is 2.77. The van der Waals surface area contributed by atoms with Gasteiger partial charge in [0.1, 0.15) is 0 Å². The third-order valence-corrected chi connectivity index (χ3v) is 4.84. The molecule has 0 fully saturated rings. The molecule has 2 nitrogen and oxygen atoms in total. The van der Waals surface area contributed by atoms with Crippen LogP contribution in [0.15, 0.2) is 36.4 Å². The van der Waals surface area contributed by atoms with Crippen LogP contribution in [0.1, 0.15) is 24.1 Å². The second kappa shape index (κ2) is 7.43. The lowest BCUT2D eigenvalue weighted by Gasteiger charge is -2.28. The molecule has 2 rings (SSSR count). The van der Waals surface area contributed by atoms with Gasteiger partial charge in [0.05, 0.1) is 8.67 Å². The molecule has 0 bridgehead atoms. The maximum atomic E-state index is 6.26. The van der Waals surface area contributed by atoms with Crippen molar-refractivity contribution in [2.75, 3.05) is 13.1 Å². The summed E-state index contributed by atoms with van der Waals surface area (Å²) in [6.07, 6.45) is 0. The highest BCUT2D eigenvalue weighted by atomic mass is 35.5. The molecule has 1 aromatic carbocycles. The first-order valence-corrected chi connectivity index (χ1v) is 8.12. The van der Waals surface area contributed by atoms with Crippen molar-refractivity contribution in [3.8, 4) is 0 Å². The van der Waals surface area contributed by atoms with Gasteiger partial charge in [-0.1, -0.05) is 53.5 Å². The second-order valence-electron chi connectivity index (χ2n) is 4.70. The van der Waals surface area contributed by atoms with Crippen LogP contribution < -0.4 is 5.73 Å². The zero-order valence-electron chi connectivity index (χ0n) is 11.4. The molecule has 0 aliphatic heterocycles. The van der Waals surface area contributed by atoms with E-state index in [9.17, 15) is 0 Å². The first kappa shape index (κ1) is 15.8. The van der Waals surface area contributed by atoms with Crippen molar-refractivity contribution in [1.29, 1.82) is 0 Å². The monoisotopic (exact) mass is 328 g/mol. The summed E-state index contributed by atoms with van der Waals surface area (Å²) in [5, 5.41) is 0. The predicted octanol–water partition coefficient (Wildman–Crippen LogP) is 4.58. The molecule has 1 unspecified atom stereocenters. The Morgan fingerprint density at radius 2 is 1.95 bits per heavy atom. The van der Waals surface area contributed by atoms with Crippen molar-refractivity contribution in [1.82, 2.24) is 4.90 Å². The smallest absolute Gasteiger partial charge is 0.0991 e. The van der Waals surface area contributed by atoms with Gasteiger partial charge in [0.2, 0.25) is 0 Å². The maximum absolute atomic E-state index is 6.26. The largest absolute Gasteiger partial charge is 0.329 e. The van der Waals surface area contributed by atoms with E-state index >= 15 is 0 Å². The van der Waals surface area contributed by atoms with E-state index < -0.39 is 0 Å². The quantitative estimate of drug-likeness (QED) is 0.841. The van der Waals surface area contributed by atoms with Gasteiger partial charge < -0.3 is 5.73 Å². The minimum atomic E-state index is 0.190. The van der Waals surface area contributed by atoms with E-state index in [-0.39, 0.29) is 6.04 Å². The molecule has 1 heterocycles. The molecule has 0 spiro atoms. The zero-order chi connectivity index (χ0) is 14.5. The van der Waals surface area contributed by atoms with Crippen molar-refractivity contribution in [2.24, 2.45) is 5.73 Å². The van der Waals surface area contributed by atoms with Gasteiger partial charge in [-0.05, 0) is 18.6 Å². The molecule has 0 amide bonds. The predicted molar refractivity (Wildman–Crippen MR) is 88.7 cm³/mol. The normalized spacial score (nSPS) is 12.8. The van der Waals surface area contributed by atoms with Gasteiger partial charge in [-0.3, -0.25) is 4.90 Å². The molecule has 0 radical (unpaired) electrons. The molecule has 0 saturated carbocycles. The van der Waals surface area contributed by atoms with Crippen molar-refractivity contribution < 1.29 is 0 Å². The molecule has 1 aromatic heterocycles. The Kier molecular flexibility index (Phi) is 5.87. The molecule has 20 heavy (non-hydrogen) atoms. The van der Waals surface area contributed by atoms with Crippen LogP contribution in [-0.4, -0.2) is 18.0 Å². The fourth-order valence-corrected chi connectivity index (χ4v) is 3.86. The maximum Gasteiger partial charge on any atom is 0.0991 e. The van der Waals surface area contributed by atoms with Crippen LogP contribution in [0.5, 0.6) is 0 Å². The third-order valence-electron chi connectivity index (χ3n) is 3.33. The van der Waals surface area contributed by atoms with Crippen LogP contribution in [0.2, 0.25) is 8.67 Å². The van der Waals surface area contributed by atoms with Crippen LogP contribution in [0.3, 0.4) is 0 Å². The van der Waals surface area contributed by atoms with Crippen LogP contribution in [0, 0.1) is 0 Å². The highest BCUT2D eigenvalue weighted by Crippen LogP contribution is 2.37. The molecule has 0 aliphatic rings. The second-order valence-corrected chi connectivity index (χ2v) is 6.99. The summed E-state index contributed by atoms with van der Waals surface area (Å²) in [6, 6.07) is 12.5. The highest BCUT2D eigenvalue weighted by Gasteiger charge is 2.20. The van der Waals surface area contributed by atoms with Crippen LogP contribution in [0.25, 0.3) is 0 Å². The van der Waals surface area contributed by atoms with Crippen molar-refractivity contribution >= 4 is 34.5 Å². The topological polar surface area (TPSA) is 29.3 Å². The Balaban J connectivity index is 2.17. The van der Waals surface area contributed by atoms with E-state index in [0.29, 0.717) is 6.54 Å². The van der Waals surface area contributed by atoms with E-state index in [2.05, 4.69) is 36.1 Å². The third kappa shape index (κ3) is 3.96. The Hall–Kier alpha value is -0.580. The first-order chi connectivity index (χ1) is 9.61. The van der Waals surface area contributed by atoms with Gasteiger partial charge in [-0.25, -0.2) is 0 Å². The summed E-state index contributed by atoms with van der Waals surface area (Å²) in [5.41, 5.74) is 8.09. The molecular formula is C15H18Cl2N2S. The number of hydrogen-bond acceptors (Lipinski definition) is 3. The van der Waals surface area contributed by atoms with Gasteiger partial charge in [0.15, 0.2) is 0 Å². The van der Waals surface area contributed by atoms with Crippen molar-refractivity contribution in [3.63, 3.8) is 0 Å². The highest BCUT2D eigenvalue weighted by molar-refractivity contribution is 7.20. The molecule has 2 aromatic rings. The number of benzene rings is 1. The number of nitrogens with zero attached hydrogens (tertiary/aromatic N) is 1. The fourth-order valence-electron chi connectivity index (χ4n) is 2.23. The van der Waals surface area contributed by atoms with Crippen molar-refractivity contribution in [2.45, 2.75) is 19.5 Å². The van der Waals surface area contributed by atoms with E-state index in [1.165, 1.54) is 16.9 Å². The number of hydrogen-bond donors (Lipinski definition) is 1. The molecule has 0 saturated heterocycles. The van der Waals surface area contributed by atoms with Gasteiger partial charge in [0, 0.05) is 31.2 Å². The molecule has 0 aliphatic carbocycles. The summed E-state index contributed by atoms with van der Waals surface area (Å²) in [5.74, 6) is 0. The lowest BCUT2D eigenvalue weighted by atomic mass is 10.1. The standard InChI is InChI=1S/C15H18Cl2N2S/c1-11(13-9-14(16)20-15(13)17)19(8-7-18)10-12-5-3-2-4-6-12/h2-6,9,11H,7-8,10,18H2,1H3. The van der Waals surface area contributed by atoms with Gasteiger partial charge in [0.25, 0.3) is 0 Å². The Morgan fingerprint density at radius 3 is 2.50 bits per heavy atom. The number of thiophene rings is 1. The number of nitrogens with two attached hydrogens (primary N) is 1. The lowest BCUT2D eigenvalue weighted by molar-refractivity contribution is 0.208. The average molecular weight is 329 g/mol. The van der Waals surface area contributed by atoms with Crippen LogP contribution >= 0.6 is 34.5 Å². The molecule has 1 atom stereocenters. The minimum Gasteiger partial charge on any atom is -0.329 e. The van der Waals surface area contributed by atoms with E-state index in [4.69, 9.17) is 28.9 Å². The fraction of sp³-hybridized carbons (Fsp3) is 0.333. The van der Waals surface area contributed by atoms with Crippen LogP contribution in [-0.2, 0) is 6.54 Å². The van der Waals surface area contributed by atoms with Gasteiger partial charge in [-0.2, -0.15) is 0 Å². The number of rotatable bonds is 6. The molecule has 5 heteroatoms. The van der Waals surface area contributed by atoms with Gasteiger partial charge >= 0.3 is 0 Å². The van der Waals surface area contributed by atoms with E-state index in [0.717, 1.165) is 27.3 Å². The van der Waals surface area contributed by atoms with E-state index in [1.807, 2.05) is 12.1 Å². The summed E-state index contributed by atoms with van der Waals surface area (Å²) in [4.78, 5) is 2.32. The van der Waals surface area contributed by atoms with Gasteiger partial charge in [-0.15, -0.1) is 11.3 Å². The van der Waals surface area contributed by atoms with E-state index in [1.54, 1.807) is 0 Å². The Morgan fingerprint density at radius 1 is 1.25 bits per heavy atom. The summed E-state index contributed by atoms with van der Waals surface area (Å²) in [6.45, 7) is 4.43. The summed E-state index contributed by atoms with van der Waals surface area (Å²) in [7, 11) is 0. The van der Waals surface area contributed by atoms with Crippen LogP contribution in [0.4, 0.5) is 0 Å². The molecule has 2 N–H and O–H groups in total. The Bertz CT molecular complexity index is 542.